The van der Waals surface area contributed by atoms with Crippen molar-refractivity contribution in [2.75, 3.05) is 13.1 Å². The van der Waals surface area contributed by atoms with Crippen LogP contribution >= 0.6 is 0 Å². The van der Waals surface area contributed by atoms with Gasteiger partial charge in [-0.05, 0) is 31.8 Å². The monoisotopic (exact) mass is 215 g/mol. The summed E-state index contributed by atoms with van der Waals surface area (Å²) in [7, 11) is 0. The minimum Gasteiger partial charge on any atom is -0.481 e. The van der Waals surface area contributed by atoms with Gasteiger partial charge < -0.3 is 10.4 Å². The van der Waals surface area contributed by atoms with Crippen LogP contribution in [0.3, 0.4) is 0 Å². The molecule has 0 unspecified atom stereocenters. The van der Waals surface area contributed by atoms with Crippen LogP contribution in [0.15, 0.2) is 0 Å². The van der Waals surface area contributed by atoms with E-state index in [0.29, 0.717) is 6.42 Å². The first-order chi connectivity index (χ1) is 7.20. The van der Waals surface area contributed by atoms with Gasteiger partial charge in [-0.25, -0.2) is 0 Å². The van der Waals surface area contributed by atoms with Crippen molar-refractivity contribution in [1.82, 2.24) is 5.32 Å². The van der Waals surface area contributed by atoms with Gasteiger partial charge in [0.1, 0.15) is 0 Å². The van der Waals surface area contributed by atoms with Crippen LogP contribution in [-0.2, 0) is 4.79 Å². The van der Waals surface area contributed by atoms with Crippen LogP contribution in [0, 0.1) is 5.92 Å². The van der Waals surface area contributed by atoms with Crippen molar-refractivity contribution in [1.29, 1.82) is 0 Å². The summed E-state index contributed by atoms with van der Waals surface area (Å²) in [5, 5.41) is 11.9. The topological polar surface area (TPSA) is 49.3 Å². The number of carboxylic acids is 1. The van der Waals surface area contributed by atoms with Gasteiger partial charge >= 0.3 is 5.97 Å². The molecule has 0 aliphatic heterocycles. The van der Waals surface area contributed by atoms with Gasteiger partial charge in [0.05, 0.1) is 0 Å². The molecular weight excluding hydrogens is 190 g/mol. The highest BCUT2D eigenvalue weighted by molar-refractivity contribution is 5.66. The summed E-state index contributed by atoms with van der Waals surface area (Å²) in [6.07, 6.45) is 5.70. The Morgan fingerprint density at radius 3 is 2.40 bits per heavy atom. The second-order valence-electron chi connectivity index (χ2n) is 4.09. The average Bonchev–Trinajstić information content (AvgIpc) is 2.22. The molecule has 0 aromatic heterocycles. The van der Waals surface area contributed by atoms with Gasteiger partial charge in [-0.3, -0.25) is 4.79 Å². The Kier molecular flexibility index (Phi) is 9.59. The van der Waals surface area contributed by atoms with E-state index in [1.165, 1.54) is 12.8 Å². The van der Waals surface area contributed by atoms with Gasteiger partial charge in [0.25, 0.3) is 0 Å². The summed E-state index contributed by atoms with van der Waals surface area (Å²) >= 11 is 0. The fourth-order valence-electron chi connectivity index (χ4n) is 1.59. The summed E-state index contributed by atoms with van der Waals surface area (Å²) in [5.41, 5.74) is 0. The number of nitrogens with one attached hydrogen (secondary N) is 1. The first-order valence-electron chi connectivity index (χ1n) is 6.13. The minimum absolute atomic E-state index is 0.312. The van der Waals surface area contributed by atoms with E-state index in [-0.39, 0.29) is 0 Å². The van der Waals surface area contributed by atoms with Crippen LogP contribution < -0.4 is 5.32 Å². The van der Waals surface area contributed by atoms with Gasteiger partial charge in [0.2, 0.25) is 0 Å². The van der Waals surface area contributed by atoms with Gasteiger partial charge in [0, 0.05) is 6.42 Å². The third-order valence-corrected chi connectivity index (χ3v) is 2.83. The first-order valence-corrected chi connectivity index (χ1v) is 6.13. The molecule has 0 fully saturated rings. The van der Waals surface area contributed by atoms with E-state index in [1.807, 2.05) is 0 Å². The molecular formula is C12H25NO2. The molecule has 0 spiro atoms. The SMILES string of the molecule is CCC(CC)CNCCCCCC(=O)O. The van der Waals surface area contributed by atoms with Crippen LogP contribution in [0.2, 0.25) is 0 Å². The Labute approximate surface area is 93.3 Å². The summed E-state index contributed by atoms with van der Waals surface area (Å²) in [6.45, 7) is 6.58. The lowest BCUT2D eigenvalue weighted by Gasteiger charge is -2.12. The normalized spacial score (nSPS) is 10.9. The van der Waals surface area contributed by atoms with Gasteiger partial charge in [0.15, 0.2) is 0 Å². The van der Waals surface area contributed by atoms with Crippen LogP contribution in [0.5, 0.6) is 0 Å². The second-order valence-corrected chi connectivity index (χ2v) is 4.09. The van der Waals surface area contributed by atoms with Crippen molar-refractivity contribution in [3.8, 4) is 0 Å². The van der Waals surface area contributed by atoms with E-state index < -0.39 is 5.97 Å². The molecule has 0 aromatic rings. The highest BCUT2D eigenvalue weighted by atomic mass is 16.4. The van der Waals surface area contributed by atoms with Crippen molar-refractivity contribution in [2.24, 2.45) is 5.92 Å². The molecule has 3 nitrogen and oxygen atoms in total. The Balaban J connectivity index is 3.14. The molecule has 0 saturated heterocycles. The van der Waals surface area contributed by atoms with E-state index in [9.17, 15) is 4.79 Å². The van der Waals surface area contributed by atoms with Crippen molar-refractivity contribution < 1.29 is 9.90 Å². The lowest BCUT2D eigenvalue weighted by atomic mass is 10.0. The van der Waals surface area contributed by atoms with Crippen molar-refractivity contribution in [3.05, 3.63) is 0 Å². The quantitative estimate of drug-likeness (QED) is 0.551. The smallest absolute Gasteiger partial charge is 0.303 e. The van der Waals surface area contributed by atoms with Crippen LogP contribution in [-0.4, -0.2) is 24.2 Å². The van der Waals surface area contributed by atoms with E-state index in [2.05, 4.69) is 19.2 Å². The Bertz CT molecular complexity index is 156. The summed E-state index contributed by atoms with van der Waals surface area (Å²) in [6, 6.07) is 0. The van der Waals surface area contributed by atoms with E-state index in [1.54, 1.807) is 0 Å². The van der Waals surface area contributed by atoms with Crippen LogP contribution in [0.1, 0.15) is 52.4 Å². The third-order valence-electron chi connectivity index (χ3n) is 2.83. The maximum Gasteiger partial charge on any atom is 0.303 e. The van der Waals surface area contributed by atoms with Crippen molar-refractivity contribution in [3.63, 3.8) is 0 Å². The zero-order valence-electron chi connectivity index (χ0n) is 10.1. The molecule has 3 heteroatoms. The molecule has 0 saturated carbocycles. The second kappa shape index (κ2) is 9.97. The van der Waals surface area contributed by atoms with E-state index in [0.717, 1.165) is 38.3 Å². The maximum atomic E-state index is 10.2. The molecule has 0 aliphatic carbocycles. The largest absolute Gasteiger partial charge is 0.481 e. The Hall–Kier alpha value is -0.570. The Morgan fingerprint density at radius 2 is 1.87 bits per heavy atom. The summed E-state index contributed by atoms with van der Waals surface area (Å²) in [4.78, 5) is 10.2. The maximum absolute atomic E-state index is 10.2. The summed E-state index contributed by atoms with van der Waals surface area (Å²) < 4.78 is 0. The summed E-state index contributed by atoms with van der Waals surface area (Å²) in [5.74, 6) is 0.115. The molecule has 0 radical (unpaired) electrons. The lowest BCUT2D eigenvalue weighted by Crippen LogP contribution is -2.23. The van der Waals surface area contributed by atoms with Crippen LogP contribution in [0.25, 0.3) is 0 Å². The van der Waals surface area contributed by atoms with Crippen LogP contribution in [0.4, 0.5) is 0 Å². The van der Waals surface area contributed by atoms with Gasteiger partial charge in [-0.15, -0.1) is 0 Å². The van der Waals surface area contributed by atoms with E-state index >= 15 is 0 Å². The zero-order valence-corrected chi connectivity index (χ0v) is 10.1. The van der Waals surface area contributed by atoms with Gasteiger partial charge in [-0.2, -0.15) is 0 Å². The number of aliphatic carboxylic acids is 1. The predicted molar refractivity (Wildman–Crippen MR) is 63.0 cm³/mol. The Morgan fingerprint density at radius 1 is 1.20 bits per heavy atom. The number of unbranched alkanes of at least 4 members (excludes halogenated alkanes) is 2. The minimum atomic E-state index is -0.681. The molecule has 0 heterocycles. The first kappa shape index (κ1) is 14.4. The molecule has 0 rings (SSSR count). The molecule has 15 heavy (non-hydrogen) atoms. The predicted octanol–water partition coefficient (Wildman–Crippen LogP) is 2.66. The number of carboxylic acid groups (broad SMARTS) is 1. The van der Waals surface area contributed by atoms with Crippen molar-refractivity contribution >= 4 is 5.97 Å². The number of carbonyl (C=O) groups is 1. The zero-order chi connectivity index (χ0) is 11.5. The van der Waals surface area contributed by atoms with E-state index in [4.69, 9.17) is 5.11 Å². The van der Waals surface area contributed by atoms with Gasteiger partial charge in [-0.1, -0.05) is 33.1 Å². The molecule has 2 N–H and O–H groups in total. The number of rotatable bonds is 10. The molecule has 90 valence electrons. The average molecular weight is 215 g/mol. The molecule has 0 aromatic carbocycles. The fraction of sp³-hybridized carbons (Fsp3) is 0.917. The molecule has 0 bridgehead atoms. The molecule has 0 aliphatic rings. The fourth-order valence-corrected chi connectivity index (χ4v) is 1.59. The molecule has 0 atom stereocenters. The highest BCUT2D eigenvalue weighted by Gasteiger charge is 2.01. The third kappa shape index (κ3) is 9.73. The molecule has 0 amide bonds. The number of hydrogen-bond donors (Lipinski definition) is 2. The standard InChI is InChI=1S/C12H25NO2/c1-3-11(4-2)10-13-9-7-5-6-8-12(14)15/h11,13H,3-10H2,1-2H3,(H,14,15). The highest BCUT2D eigenvalue weighted by Crippen LogP contribution is 2.05. The number of hydrogen-bond acceptors (Lipinski definition) is 2. The lowest BCUT2D eigenvalue weighted by molar-refractivity contribution is -0.137. The van der Waals surface area contributed by atoms with Crippen molar-refractivity contribution in [2.45, 2.75) is 52.4 Å².